The van der Waals surface area contributed by atoms with Gasteiger partial charge in [-0.15, -0.1) is 0 Å². The van der Waals surface area contributed by atoms with Gasteiger partial charge < -0.3 is 20.1 Å². The normalized spacial score (nSPS) is 26.5. The van der Waals surface area contributed by atoms with Crippen molar-refractivity contribution in [3.8, 4) is 0 Å². The van der Waals surface area contributed by atoms with Gasteiger partial charge in [-0.2, -0.15) is 0 Å². The smallest absolute Gasteiger partial charge is 0.315 e. The van der Waals surface area contributed by atoms with Crippen LogP contribution in [0, 0.1) is 0 Å². The topological polar surface area (TPSA) is 59.6 Å². The van der Waals surface area contributed by atoms with E-state index in [-0.39, 0.29) is 23.5 Å². The van der Waals surface area contributed by atoms with E-state index >= 15 is 0 Å². The van der Waals surface area contributed by atoms with Crippen LogP contribution < -0.4 is 10.6 Å². The minimum atomic E-state index is -0.340. The summed E-state index contributed by atoms with van der Waals surface area (Å²) in [6.45, 7) is 6.94. The van der Waals surface area contributed by atoms with Crippen molar-refractivity contribution in [1.29, 1.82) is 0 Å². The van der Waals surface area contributed by atoms with E-state index in [0.29, 0.717) is 13.2 Å². The predicted octanol–water partition coefficient (Wildman–Crippen LogP) is 1.77. The van der Waals surface area contributed by atoms with E-state index < -0.39 is 0 Å². The van der Waals surface area contributed by atoms with Gasteiger partial charge in [0.2, 0.25) is 0 Å². The van der Waals surface area contributed by atoms with Gasteiger partial charge in [-0.05, 0) is 33.6 Å². The molecular weight excluding hydrogens is 232 g/mol. The lowest BCUT2D eigenvalue weighted by Crippen LogP contribution is -2.48. The lowest BCUT2D eigenvalue weighted by atomic mass is 10.1. The van der Waals surface area contributed by atoms with Crippen molar-refractivity contribution in [1.82, 2.24) is 10.6 Å². The van der Waals surface area contributed by atoms with Crippen LogP contribution in [0.4, 0.5) is 4.79 Å². The van der Waals surface area contributed by atoms with E-state index in [0.717, 1.165) is 12.8 Å². The molecule has 0 aromatic heterocycles. The van der Waals surface area contributed by atoms with Crippen LogP contribution >= 0.6 is 0 Å². The third-order valence-corrected chi connectivity index (χ3v) is 3.26. The molecule has 1 saturated heterocycles. The second kappa shape index (κ2) is 5.05. The van der Waals surface area contributed by atoms with Gasteiger partial charge in [-0.25, -0.2) is 4.79 Å². The van der Waals surface area contributed by atoms with Gasteiger partial charge in [0, 0.05) is 24.9 Å². The van der Waals surface area contributed by atoms with E-state index in [1.807, 2.05) is 20.8 Å². The second-order valence-corrected chi connectivity index (χ2v) is 6.25. The van der Waals surface area contributed by atoms with Crippen LogP contribution in [0.1, 0.15) is 46.5 Å². The van der Waals surface area contributed by atoms with E-state index in [4.69, 9.17) is 9.47 Å². The molecule has 2 rings (SSSR count). The first kappa shape index (κ1) is 13.6. The summed E-state index contributed by atoms with van der Waals surface area (Å²) in [5.74, 6) is -0.340. The molecule has 1 spiro atoms. The summed E-state index contributed by atoms with van der Waals surface area (Å²) in [7, 11) is 0. The second-order valence-electron chi connectivity index (χ2n) is 6.25. The number of hydrogen-bond acceptors (Lipinski definition) is 3. The summed E-state index contributed by atoms with van der Waals surface area (Å²) in [5, 5.41) is 5.69. The Bertz CT molecular complexity index is 306. The highest BCUT2D eigenvalue weighted by molar-refractivity contribution is 5.74. The van der Waals surface area contributed by atoms with Crippen molar-refractivity contribution in [3.05, 3.63) is 0 Å². The minimum Gasteiger partial charge on any atom is -0.347 e. The average molecular weight is 256 g/mol. The zero-order valence-electron chi connectivity index (χ0n) is 11.5. The summed E-state index contributed by atoms with van der Waals surface area (Å²) in [6, 6.07) is -0.154. The van der Waals surface area contributed by atoms with Crippen molar-refractivity contribution in [2.75, 3.05) is 13.2 Å². The molecule has 5 heteroatoms. The molecule has 1 atom stereocenters. The Kier molecular flexibility index (Phi) is 3.82. The summed E-state index contributed by atoms with van der Waals surface area (Å²) >= 11 is 0. The Labute approximate surface area is 109 Å². The van der Waals surface area contributed by atoms with Crippen LogP contribution in [0.15, 0.2) is 0 Å². The molecule has 2 N–H and O–H groups in total. The van der Waals surface area contributed by atoms with Crippen LogP contribution in [0.25, 0.3) is 0 Å². The van der Waals surface area contributed by atoms with E-state index in [9.17, 15) is 4.79 Å². The molecule has 0 unspecified atom stereocenters. The molecule has 0 aromatic rings. The fourth-order valence-electron chi connectivity index (χ4n) is 2.48. The van der Waals surface area contributed by atoms with Gasteiger partial charge in [0.05, 0.1) is 6.61 Å². The third kappa shape index (κ3) is 3.59. The number of nitrogens with one attached hydrogen (secondary N) is 2. The number of carbonyl (C=O) groups is 1. The van der Waals surface area contributed by atoms with Crippen molar-refractivity contribution < 1.29 is 14.3 Å². The molecule has 0 bridgehead atoms. The number of carbonyl (C=O) groups excluding carboxylic acids is 1. The zero-order chi connectivity index (χ0) is 13.2. The van der Waals surface area contributed by atoms with Crippen molar-refractivity contribution in [2.45, 2.75) is 63.9 Å². The quantitative estimate of drug-likeness (QED) is 0.791. The monoisotopic (exact) mass is 256 g/mol. The molecule has 1 aliphatic heterocycles. The molecule has 2 fully saturated rings. The first-order chi connectivity index (χ1) is 8.39. The molecule has 18 heavy (non-hydrogen) atoms. The standard InChI is InChI=1S/C13H24N2O3/c1-12(2,3)15-11(16)14-8-10-9-17-13(18-10)6-4-5-7-13/h10H,4-9H2,1-3H3,(H2,14,15,16)/t10-/m1/s1. The van der Waals surface area contributed by atoms with Gasteiger partial charge in [0.1, 0.15) is 6.10 Å². The Morgan fingerprint density at radius 2 is 2.00 bits per heavy atom. The highest BCUT2D eigenvalue weighted by Gasteiger charge is 2.43. The molecule has 5 nitrogen and oxygen atoms in total. The molecule has 1 aliphatic carbocycles. The van der Waals surface area contributed by atoms with Crippen molar-refractivity contribution >= 4 is 6.03 Å². The minimum absolute atomic E-state index is 0.0196. The third-order valence-electron chi connectivity index (χ3n) is 3.26. The van der Waals surface area contributed by atoms with E-state index in [2.05, 4.69) is 10.6 Å². The van der Waals surface area contributed by atoms with Crippen LogP contribution in [0.2, 0.25) is 0 Å². The Morgan fingerprint density at radius 3 is 2.61 bits per heavy atom. The zero-order valence-corrected chi connectivity index (χ0v) is 11.5. The first-order valence-electron chi connectivity index (χ1n) is 6.76. The molecular formula is C13H24N2O3. The number of rotatable bonds is 2. The summed E-state index contributed by atoms with van der Waals surface area (Å²) < 4.78 is 11.7. The summed E-state index contributed by atoms with van der Waals surface area (Å²) in [5.41, 5.74) is -0.218. The Morgan fingerprint density at radius 1 is 1.33 bits per heavy atom. The van der Waals surface area contributed by atoms with E-state index in [1.54, 1.807) is 0 Å². The molecule has 1 heterocycles. The Hall–Kier alpha value is -0.810. The molecule has 2 amide bonds. The lowest BCUT2D eigenvalue weighted by Gasteiger charge is -2.23. The number of hydrogen-bond donors (Lipinski definition) is 2. The molecule has 0 aromatic carbocycles. The molecule has 0 radical (unpaired) electrons. The molecule has 104 valence electrons. The summed E-state index contributed by atoms with van der Waals surface area (Å²) in [6.07, 6.45) is 4.29. The maximum atomic E-state index is 11.6. The van der Waals surface area contributed by atoms with Crippen LogP contribution in [0.5, 0.6) is 0 Å². The molecule has 2 aliphatic rings. The van der Waals surface area contributed by atoms with Gasteiger partial charge in [-0.1, -0.05) is 0 Å². The lowest BCUT2D eigenvalue weighted by molar-refractivity contribution is -0.160. The average Bonchev–Trinajstić information content (AvgIpc) is 2.85. The fraction of sp³-hybridized carbons (Fsp3) is 0.923. The van der Waals surface area contributed by atoms with Crippen molar-refractivity contribution in [2.24, 2.45) is 0 Å². The highest BCUT2D eigenvalue weighted by Crippen LogP contribution is 2.38. The van der Waals surface area contributed by atoms with Gasteiger partial charge in [0.15, 0.2) is 5.79 Å². The maximum absolute atomic E-state index is 11.6. The fourth-order valence-corrected chi connectivity index (χ4v) is 2.48. The number of ether oxygens (including phenoxy) is 2. The number of urea groups is 1. The van der Waals surface area contributed by atoms with Crippen LogP contribution in [-0.2, 0) is 9.47 Å². The SMILES string of the molecule is CC(C)(C)NC(=O)NC[C@@H]1COC2(CCCC2)O1. The number of amides is 2. The Balaban J connectivity index is 1.70. The first-order valence-corrected chi connectivity index (χ1v) is 6.76. The highest BCUT2D eigenvalue weighted by atomic mass is 16.7. The predicted molar refractivity (Wildman–Crippen MR) is 68.3 cm³/mol. The van der Waals surface area contributed by atoms with Gasteiger partial charge in [0.25, 0.3) is 0 Å². The van der Waals surface area contributed by atoms with Crippen molar-refractivity contribution in [3.63, 3.8) is 0 Å². The van der Waals surface area contributed by atoms with Crippen LogP contribution in [-0.4, -0.2) is 36.6 Å². The van der Waals surface area contributed by atoms with Crippen LogP contribution in [0.3, 0.4) is 0 Å². The van der Waals surface area contributed by atoms with Gasteiger partial charge in [-0.3, -0.25) is 0 Å². The largest absolute Gasteiger partial charge is 0.347 e. The summed E-state index contributed by atoms with van der Waals surface area (Å²) in [4.78, 5) is 11.6. The molecule has 1 saturated carbocycles. The maximum Gasteiger partial charge on any atom is 0.315 e. The van der Waals surface area contributed by atoms with E-state index in [1.165, 1.54) is 12.8 Å². The van der Waals surface area contributed by atoms with Gasteiger partial charge >= 0.3 is 6.03 Å².